The maximum Gasteiger partial charge on any atom is 0.319 e. The van der Waals surface area contributed by atoms with Crippen LogP contribution in [-0.4, -0.2) is 14.5 Å². The molecule has 0 aliphatic rings. The zero-order chi connectivity index (χ0) is 13.0. The fraction of sp³-hybridized carbons (Fsp3) is 0.333. The van der Waals surface area contributed by atoms with Crippen LogP contribution < -0.4 is 5.32 Å². The van der Waals surface area contributed by atoms with Gasteiger partial charge in [0.1, 0.15) is 5.82 Å². The third-order valence-electron chi connectivity index (χ3n) is 2.66. The molecule has 6 heteroatoms. The summed E-state index contributed by atoms with van der Waals surface area (Å²) < 4.78 is 26.0. The van der Waals surface area contributed by atoms with Crippen molar-refractivity contribution < 1.29 is 8.78 Å². The summed E-state index contributed by atoms with van der Waals surface area (Å²) in [5.74, 6) is 0.313. The molecule has 0 saturated carbocycles. The lowest BCUT2D eigenvalue weighted by molar-refractivity contribution is 0.0665. The highest BCUT2D eigenvalue weighted by molar-refractivity contribution is 5.07. The summed E-state index contributed by atoms with van der Waals surface area (Å²) in [6.45, 7) is -0.359. The van der Waals surface area contributed by atoms with Crippen molar-refractivity contribution in [2.24, 2.45) is 0 Å². The third-order valence-corrected chi connectivity index (χ3v) is 2.66. The average molecular weight is 252 g/mol. The summed E-state index contributed by atoms with van der Waals surface area (Å²) in [5.41, 5.74) is 0.868. The predicted molar refractivity (Wildman–Crippen MR) is 63.0 cm³/mol. The molecule has 0 radical (unpaired) electrons. The fourth-order valence-corrected chi connectivity index (χ4v) is 1.64. The summed E-state index contributed by atoms with van der Waals surface area (Å²) in [5, 5.41) is 3.12. The first-order chi connectivity index (χ1) is 8.68. The molecule has 2 aromatic heterocycles. The lowest BCUT2D eigenvalue weighted by atomic mass is 10.2. The molecule has 0 aliphatic heterocycles. The molecular weight excluding hydrogens is 238 g/mol. The molecule has 0 aliphatic carbocycles. The van der Waals surface area contributed by atoms with Gasteiger partial charge in [-0.05, 0) is 19.1 Å². The predicted octanol–water partition coefficient (Wildman–Crippen LogP) is 2.52. The molecule has 0 unspecified atom stereocenters. The number of hydrogen-bond acceptors (Lipinski definition) is 3. The Kier molecular flexibility index (Phi) is 3.99. The monoisotopic (exact) mass is 252 g/mol. The highest BCUT2D eigenvalue weighted by Gasteiger charge is 2.12. The first-order valence-corrected chi connectivity index (χ1v) is 5.62. The van der Waals surface area contributed by atoms with Crippen LogP contribution in [0.1, 0.15) is 31.0 Å². The van der Waals surface area contributed by atoms with Gasteiger partial charge in [-0.1, -0.05) is 6.07 Å². The Hall–Kier alpha value is -1.82. The molecule has 0 aromatic carbocycles. The molecule has 1 atom stereocenters. The molecule has 0 fully saturated rings. The Balaban J connectivity index is 1.97. The van der Waals surface area contributed by atoms with Crippen molar-refractivity contribution >= 4 is 0 Å². The highest BCUT2D eigenvalue weighted by Crippen LogP contribution is 2.14. The number of aromatic nitrogens is 3. The van der Waals surface area contributed by atoms with Crippen LogP contribution in [0, 0.1) is 0 Å². The van der Waals surface area contributed by atoms with Crippen LogP contribution in [-0.2, 0) is 6.54 Å². The van der Waals surface area contributed by atoms with Gasteiger partial charge in [0.15, 0.2) is 0 Å². The van der Waals surface area contributed by atoms with Gasteiger partial charge >= 0.3 is 6.55 Å². The van der Waals surface area contributed by atoms with Crippen molar-refractivity contribution in [1.29, 1.82) is 0 Å². The molecule has 2 aromatic rings. The second-order valence-electron chi connectivity index (χ2n) is 3.89. The van der Waals surface area contributed by atoms with Crippen LogP contribution in [0.15, 0.2) is 36.8 Å². The Labute approximate surface area is 104 Å². The van der Waals surface area contributed by atoms with E-state index in [-0.39, 0.29) is 12.6 Å². The second-order valence-corrected chi connectivity index (χ2v) is 3.89. The van der Waals surface area contributed by atoms with Gasteiger partial charge < -0.3 is 5.32 Å². The first kappa shape index (κ1) is 12.6. The molecule has 0 bridgehead atoms. The van der Waals surface area contributed by atoms with Crippen LogP contribution in [0.5, 0.6) is 0 Å². The number of alkyl halides is 2. The number of hydrogen-bond donors (Lipinski definition) is 1. The average Bonchev–Trinajstić information content (AvgIpc) is 2.85. The third kappa shape index (κ3) is 2.89. The SMILES string of the molecule is C[C@@H](NCc1nccn1C(F)F)c1ccccn1. The standard InChI is InChI=1S/C12H14F2N4/c1-9(10-4-2-3-5-15-10)17-8-11-16-6-7-18(11)12(13)14/h2-7,9,12,17H,8H2,1H3/t9-/m1/s1. The molecule has 0 spiro atoms. The smallest absolute Gasteiger partial charge is 0.302 e. The Morgan fingerprint density at radius 2 is 2.11 bits per heavy atom. The van der Waals surface area contributed by atoms with E-state index in [9.17, 15) is 8.78 Å². The van der Waals surface area contributed by atoms with E-state index in [1.54, 1.807) is 6.20 Å². The Morgan fingerprint density at radius 1 is 1.28 bits per heavy atom. The van der Waals surface area contributed by atoms with Crippen molar-refractivity contribution in [3.05, 3.63) is 48.3 Å². The molecular formula is C12H14F2N4. The van der Waals surface area contributed by atoms with Crippen LogP contribution >= 0.6 is 0 Å². The molecule has 1 N–H and O–H groups in total. The van der Waals surface area contributed by atoms with Crippen molar-refractivity contribution in [3.8, 4) is 0 Å². The van der Waals surface area contributed by atoms with E-state index in [2.05, 4.69) is 15.3 Å². The zero-order valence-electron chi connectivity index (χ0n) is 9.92. The van der Waals surface area contributed by atoms with E-state index in [1.807, 2.05) is 25.1 Å². The van der Waals surface area contributed by atoms with E-state index in [0.717, 1.165) is 10.3 Å². The minimum atomic E-state index is -2.56. The largest absolute Gasteiger partial charge is 0.319 e. The molecule has 4 nitrogen and oxygen atoms in total. The van der Waals surface area contributed by atoms with Gasteiger partial charge in [-0.3, -0.25) is 9.55 Å². The summed E-state index contributed by atoms with van der Waals surface area (Å²) in [4.78, 5) is 8.10. The number of pyridine rings is 1. The summed E-state index contributed by atoms with van der Waals surface area (Å²) >= 11 is 0. The Morgan fingerprint density at radius 3 is 2.78 bits per heavy atom. The van der Waals surface area contributed by atoms with Crippen LogP contribution in [0.25, 0.3) is 0 Å². The van der Waals surface area contributed by atoms with Gasteiger partial charge in [0.2, 0.25) is 0 Å². The van der Waals surface area contributed by atoms with E-state index >= 15 is 0 Å². The summed E-state index contributed by atoms with van der Waals surface area (Å²) in [6, 6.07) is 5.59. The second kappa shape index (κ2) is 5.68. The molecule has 96 valence electrons. The quantitative estimate of drug-likeness (QED) is 0.889. The van der Waals surface area contributed by atoms with Gasteiger partial charge in [0, 0.05) is 24.6 Å². The van der Waals surface area contributed by atoms with Gasteiger partial charge in [0.05, 0.1) is 12.2 Å². The van der Waals surface area contributed by atoms with Crippen molar-refractivity contribution in [3.63, 3.8) is 0 Å². The number of imidazole rings is 1. The van der Waals surface area contributed by atoms with Gasteiger partial charge in [-0.25, -0.2) is 4.98 Å². The number of halogens is 2. The maximum absolute atomic E-state index is 12.6. The van der Waals surface area contributed by atoms with Crippen molar-refractivity contribution in [2.75, 3.05) is 0 Å². The van der Waals surface area contributed by atoms with Gasteiger partial charge in [-0.2, -0.15) is 8.78 Å². The highest BCUT2D eigenvalue weighted by atomic mass is 19.3. The minimum Gasteiger partial charge on any atom is -0.302 e. The summed E-state index contributed by atoms with van der Waals surface area (Å²) in [7, 11) is 0. The first-order valence-electron chi connectivity index (χ1n) is 5.62. The lowest BCUT2D eigenvalue weighted by Gasteiger charge is -2.13. The number of nitrogens with one attached hydrogen (secondary N) is 1. The normalized spacial score (nSPS) is 12.9. The van der Waals surface area contributed by atoms with Gasteiger partial charge in [0.25, 0.3) is 0 Å². The van der Waals surface area contributed by atoms with E-state index in [4.69, 9.17) is 0 Å². The Bertz CT molecular complexity index is 484. The topological polar surface area (TPSA) is 42.7 Å². The molecule has 0 amide bonds. The molecule has 0 saturated heterocycles. The number of rotatable bonds is 5. The van der Waals surface area contributed by atoms with Crippen LogP contribution in [0.2, 0.25) is 0 Å². The van der Waals surface area contributed by atoms with E-state index in [0.29, 0.717) is 5.82 Å². The summed E-state index contributed by atoms with van der Waals surface area (Å²) in [6.07, 6.45) is 4.34. The van der Waals surface area contributed by atoms with Crippen molar-refractivity contribution in [1.82, 2.24) is 19.9 Å². The number of nitrogens with zero attached hydrogens (tertiary/aromatic N) is 3. The fourth-order valence-electron chi connectivity index (χ4n) is 1.64. The molecule has 2 rings (SSSR count). The zero-order valence-corrected chi connectivity index (χ0v) is 9.92. The van der Waals surface area contributed by atoms with E-state index < -0.39 is 6.55 Å². The van der Waals surface area contributed by atoms with Crippen LogP contribution in [0.3, 0.4) is 0 Å². The van der Waals surface area contributed by atoms with E-state index in [1.165, 1.54) is 12.4 Å². The maximum atomic E-state index is 12.6. The van der Waals surface area contributed by atoms with Crippen molar-refractivity contribution in [2.45, 2.75) is 26.1 Å². The lowest BCUT2D eigenvalue weighted by Crippen LogP contribution is -2.21. The van der Waals surface area contributed by atoms with Crippen LogP contribution in [0.4, 0.5) is 8.78 Å². The molecule has 18 heavy (non-hydrogen) atoms. The molecule has 2 heterocycles. The minimum absolute atomic E-state index is 0.0194. The van der Waals surface area contributed by atoms with Gasteiger partial charge in [-0.15, -0.1) is 0 Å².